The van der Waals surface area contributed by atoms with Gasteiger partial charge in [0.25, 0.3) is 5.91 Å². The lowest BCUT2D eigenvalue weighted by Crippen LogP contribution is -2.37. The van der Waals surface area contributed by atoms with Crippen molar-refractivity contribution in [1.29, 1.82) is 0 Å². The highest BCUT2D eigenvalue weighted by atomic mass is 16.5. The van der Waals surface area contributed by atoms with E-state index >= 15 is 0 Å². The van der Waals surface area contributed by atoms with E-state index in [1.807, 2.05) is 0 Å². The molecule has 2 rings (SSSR count). The van der Waals surface area contributed by atoms with Gasteiger partial charge in [0.15, 0.2) is 5.43 Å². The highest BCUT2D eigenvalue weighted by molar-refractivity contribution is 5.93. The minimum atomic E-state index is -0.912. The molecule has 1 aromatic heterocycles. The van der Waals surface area contributed by atoms with Crippen LogP contribution in [0.4, 0.5) is 0 Å². The zero-order valence-electron chi connectivity index (χ0n) is 13.5. The largest absolute Gasteiger partial charge is 0.497 e. The lowest BCUT2D eigenvalue weighted by atomic mass is 10.2. The van der Waals surface area contributed by atoms with Crippen LogP contribution in [-0.2, 0) is 0 Å². The summed E-state index contributed by atoms with van der Waals surface area (Å²) in [6.07, 6.45) is 0.441. The van der Waals surface area contributed by atoms with Gasteiger partial charge in [0, 0.05) is 30.6 Å². The van der Waals surface area contributed by atoms with Crippen LogP contribution in [0, 0.1) is 6.92 Å². The molecule has 1 unspecified atom stereocenters. The number of aromatic nitrogens is 1. The summed E-state index contributed by atoms with van der Waals surface area (Å²) in [7, 11) is 1.55. The first-order valence-corrected chi connectivity index (χ1v) is 7.42. The summed E-state index contributed by atoms with van der Waals surface area (Å²) < 4.78 is 10.5. The number of amides is 1. The van der Waals surface area contributed by atoms with Crippen molar-refractivity contribution in [2.24, 2.45) is 0 Å². The Morgan fingerprint density at radius 1 is 1.33 bits per heavy atom. The van der Waals surface area contributed by atoms with E-state index in [1.54, 1.807) is 38.3 Å². The topological polar surface area (TPSA) is 101 Å². The molecule has 0 aliphatic rings. The molecule has 24 heavy (non-hydrogen) atoms. The minimum absolute atomic E-state index is 0.00140. The first-order valence-electron chi connectivity index (χ1n) is 7.42. The average Bonchev–Trinajstić information content (AvgIpc) is 2.58. The Morgan fingerprint density at radius 3 is 2.79 bits per heavy atom. The number of aryl methyl sites for hydroxylation is 1. The van der Waals surface area contributed by atoms with Gasteiger partial charge < -0.3 is 24.9 Å². The van der Waals surface area contributed by atoms with Crippen molar-refractivity contribution >= 4 is 5.91 Å². The number of rotatable bonds is 7. The molecule has 0 aliphatic heterocycles. The van der Waals surface area contributed by atoms with E-state index in [-0.39, 0.29) is 24.1 Å². The maximum absolute atomic E-state index is 11.9. The fraction of sp³-hybridized carbons (Fsp3) is 0.294. The highest BCUT2D eigenvalue weighted by Gasteiger charge is 2.13. The standard InChI is InChI=1S/C17H20N2O5/c1-11-6-16(21)15(9-18-11)17(22)19-8-12(20)10-24-14-5-3-4-13(7-14)23-2/h3-7,9,12,20H,8,10H2,1-2H3,(H,18,21)(H,19,22). The van der Waals surface area contributed by atoms with E-state index in [4.69, 9.17) is 9.47 Å². The van der Waals surface area contributed by atoms with Crippen LogP contribution in [0.2, 0.25) is 0 Å². The van der Waals surface area contributed by atoms with Gasteiger partial charge in [0.1, 0.15) is 29.8 Å². The van der Waals surface area contributed by atoms with Crippen LogP contribution < -0.4 is 20.2 Å². The molecule has 1 atom stereocenters. The third-order valence-electron chi connectivity index (χ3n) is 3.28. The van der Waals surface area contributed by atoms with Crippen molar-refractivity contribution in [3.63, 3.8) is 0 Å². The van der Waals surface area contributed by atoms with E-state index in [2.05, 4.69) is 10.3 Å². The summed E-state index contributed by atoms with van der Waals surface area (Å²) >= 11 is 0. The summed E-state index contributed by atoms with van der Waals surface area (Å²) in [6.45, 7) is 1.69. The van der Waals surface area contributed by atoms with E-state index in [9.17, 15) is 14.7 Å². The summed E-state index contributed by atoms with van der Waals surface area (Å²) in [4.78, 5) is 26.5. The summed E-state index contributed by atoms with van der Waals surface area (Å²) in [5.74, 6) is 0.653. The first-order chi connectivity index (χ1) is 11.5. The van der Waals surface area contributed by atoms with Crippen LogP contribution in [0.1, 0.15) is 16.1 Å². The lowest BCUT2D eigenvalue weighted by molar-refractivity contribution is 0.0842. The van der Waals surface area contributed by atoms with Gasteiger partial charge >= 0.3 is 0 Å². The molecule has 0 fully saturated rings. The Morgan fingerprint density at radius 2 is 2.08 bits per heavy atom. The Labute approximate surface area is 139 Å². The summed E-state index contributed by atoms with van der Waals surface area (Å²) in [5.41, 5.74) is 0.302. The van der Waals surface area contributed by atoms with Crippen molar-refractivity contribution < 1.29 is 19.4 Å². The lowest BCUT2D eigenvalue weighted by Gasteiger charge is -2.13. The molecule has 1 heterocycles. The number of carbonyl (C=O) groups is 1. The van der Waals surface area contributed by atoms with Gasteiger partial charge in [-0.05, 0) is 19.1 Å². The molecule has 0 saturated carbocycles. The number of hydrogen-bond donors (Lipinski definition) is 3. The van der Waals surface area contributed by atoms with Gasteiger partial charge in [-0.1, -0.05) is 6.07 Å². The Hall–Kier alpha value is -2.80. The number of hydrogen-bond acceptors (Lipinski definition) is 5. The number of methoxy groups -OCH3 is 1. The van der Waals surface area contributed by atoms with E-state index < -0.39 is 12.0 Å². The fourth-order valence-electron chi connectivity index (χ4n) is 2.00. The van der Waals surface area contributed by atoms with Gasteiger partial charge in [-0.2, -0.15) is 0 Å². The van der Waals surface area contributed by atoms with Crippen molar-refractivity contribution in [2.45, 2.75) is 13.0 Å². The third-order valence-corrected chi connectivity index (χ3v) is 3.28. The zero-order chi connectivity index (χ0) is 17.5. The maximum atomic E-state index is 11.9. The number of pyridine rings is 1. The van der Waals surface area contributed by atoms with Gasteiger partial charge in [0.05, 0.1) is 7.11 Å². The van der Waals surface area contributed by atoms with Crippen LogP contribution in [0.15, 0.2) is 41.3 Å². The molecule has 1 aromatic carbocycles. The molecular weight excluding hydrogens is 312 g/mol. The van der Waals surface area contributed by atoms with E-state index in [0.717, 1.165) is 0 Å². The van der Waals surface area contributed by atoms with Gasteiger partial charge in [-0.3, -0.25) is 9.59 Å². The Kier molecular flexibility index (Phi) is 5.97. The van der Waals surface area contributed by atoms with Crippen molar-refractivity contribution in [3.05, 3.63) is 58.0 Å². The molecule has 2 aromatic rings. The van der Waals surface area contributed by atoms with Gasteiger partial charge in [-0.15, -0.1) is 0 Å². The molecule has 3 N–H and O–H groups in total. The summed E-state index contributed by atoms with van der Waals surface area (Å²) in [5, 5.41) is 12.4. The predicted octanol–water partition coefficient (Wildman–Crippen LogP) is 0.862. The van der Waals surface area contributed by atoms with Gasteiger partial charge in [0.2, 0.25) is 0 Å². The van der Waals surface area contributed by atoms with Crippen LogP contribution >= 0.6 is 0 Å². The predicted molar refractivity (Wildman–Crippen MR) is 88.6 cm³/mol. The molecule has 0 spiro atoms. The maximum Gasteiger partial charge on any atom is 0.256 e. The molecule has 1 amide bonds. The number of H-pyrrole nitrogens is 1. The normalized spacial score (nSPS) is 11.6. The number of nitrogens with one attached hydrogen (secondary N) is 2. The number of carbonyl (C=O) groups excluding carboxylic acids is 1. The monoisotopic (exact) mass is 332 g/mol. The number of aliphatic hydroxyl groups excluding tert-OH is 1. The molecule has 7 heteroatoms. The zero-order valence-corrected chi connectivity index (χ0v) is 13.5. The molecule has 0 aliphatic carbocycles. The van der Waals surface area contributed by atoms with Crippen LogP contribution in [0.5, 0.6) is 11.5 Å². The second-order valence-corrected chi connectivity index (χ2v) is 5.25. The minimum Gasteiger partial charge on any atom is -0.497 e. The van der Waals surface area contributed by atoms with Crippen molar-refractivity contribution in [3.8, 4) is 11.5 Å². The Balaban J connectivity index is 1.83. The Bertz CT molecular complexity index is 757. The third kappa shape index (κ3) is 4.85. The molecule has 7 nitrogen and oxygen atoms in total. The molecule has 0 saturated heterocycles. The average molecular weight is 332 g/mol. The van der Waals surface area contributed by atoms with Crippen LogP contribution in [-0.4, -0.2) is 42.4 Å². The van der Waals surface area contributed by atoms with Crippen LogP contribution in [0.3, 0.4) is 0 Å². The van der Waals surface area contributed by atoms with E-state index in [0.29, 0.717) is 17.2 Å². The smallest absolute Gasteiger partial charge is 0.256 e. The molecule has 0 radical (unpaired) electrons. The number of aliphatic hydroxyl groups is 1. The second-order valence-electron chi connectivity index (χ2n) is 5.25. The summed E-state index contributed by atoms with van der Waals surface area (Å²) in [6, 6.07) is 8.32. The van der Waals surface area contributed by atoms with Crippen molar-refractivity contribution in [2.75, 3.05) is 20.3 Å². The highest BCUT2D eigenvalue weighted by Crippen LogP contribution is 2.18. The number of benzene rings is 1. The number of ether oxygens (including phenoxy) is 2. The fourth-order valence-corrected chi connectivity index (χ4v) is 2.00. The first kappa shape index (κ1) is 17.6. The van der Waals surface area contributed by atoms with E-state index in [1.165, 1.54) is 12.3 Å². The quantitative estimate of drug-likeness (QED) is 0.698. The van der Waals surface area contributed by atoms with Crippen molar-refractivity contribution in [1.82, 2.24) is 10.3 Å². The molecule has 128 valence electrons. The second kappa shape index (κ2) is 8.16. The molecule has 0 bridgehead atoms. The molecular formula is C17H20N2O5. The van der Waals surface area contributed by atoms with Crippen LogP contribution in [0.25, 0.3) is 0 Å². The van der Waals surface area contributed by atoms with Gasteiger partial charge in [-0.25, -0.2) is 0 Å². The number of aromatic amines is 1. The SMILES string of the molecule is COc1cccc(OCC(O)CNC(=O)c2c[nH]c(C)cc2=O)c1.